The molecule has 0 bridgehead atoms. The van der Waals surface area contributed by atoms with Crippen molar-refractivity contribution >= 4 is 32.7 Å². The fourth-order valence-corrected chi connectivity index (χ4v) is 4.93. The van der Waals surface area contributed by atoms with E-state index in [1.54, 1.807) is 28.6 Å². The topological polar surface area (TPSA) is 63.4 Å². The lowest BCUT2D eigenvalue weighted by molar-refractivity contribution is 0.293. The first-order valence-electron chi connectivity index (χ1n) is 8.56. The standard InChI is InChI=1S/C19H19ClN2O3S/c1-13-2-5-16(6-3-13)26(23,24)22-10-8-14(9-11-22)19-21-17-12-15(20)4-7-18(17)25-19/h2-7,12,14H,8-11H2,1H3. The predicted molar refractivity (Wildman–Crippen MR) is 101 cm³/mol. The average Bonchev–Trinajstić information content (AvgIpc) is 3.05. The molecule has 1 saturated heterocycles. The SMILES string of the molecule is Cc1ccc(S(=O)(=O)N2CCC(c3nc4cc(Cl)ccc4o3)CC2)cc1. The number of sulfonamides is 1. The van der Waals surface area contributed by atoms with E-state index in [2.05, 4.69) is 4.98 Å². The Kier molecular flexibility index (Phi) is 4.50. The molecular formula is C19H19ClN2O3S. The Morgan fingerprint density at radius 3 is 2.50 bits per heavy atom. The lowest BCUT2D eigenvalue weighted by Crippen LogP contribution is -2.37. The van der Waals surface area contributed by atoms with Crippen LogP contribution in [0.5, 0.6) is 0 Å². The van der Waals surface area contributed by atoms with Crippen LogP contribution in [0.2, 0.25) is 5.02 Å². The molecule has 0 unspecified atom stereocenters. The van der Waals surface area contributed by atoms with E-state index in [0.29, 0.717) is 47.3 Å². The van der Waals surface area contributed by atoms with E-state index in [1.165, 1.54) is 0 Å². The van der Waals surface area contributed by atoms with E-state index in [-0.39, 0.29) is 5.92 Å². The summed E-state index contributed by atoms with van der Waals surface area (Å²) in [5.74, 6) is 0.778. The molecule has 0 spiro atoms. The van der Waals surface area contributed by atoms with Crippen molar-refractivity contribution in [1.29, 1.82) is 0 Å². The van der Waals surface area contributed by atoms with Crippen LogP contribution < -0.4 is 0 Å². The van der Waals surface area contributed by atoms with E-state index in [1.807, 2.05) is 25.1 Å². The Bertz CT molecular complexity index is 1040. The number of nitrogens with zero attached hydrogens (tertiary/aromatic N) is 2. The van der Waals surface area contributed by atoms with Gasteiger partial charge in [0, 0.05) is 24.0 Å². The lowest BCUT2D eigenvalue weighted by Gasteiger charge is -2.29. The summed E-state index contributed by atoms with van der Waals surface area (Å²) >= 11 is 6.00. The van der Waals surface area contributed by atoms with Crippen LogP contribution in [-0.2, 0) is 10.0 Å². The number of hydrogen-bond acceptors (Lipinski definition) is 4. The molecule has 26 heavy (non-hydrogen) atoms. The van der Waals surface area contributed by atoms with Crippen molar-refractivity contribution in [3.8, 4) is 0 Å². The van der Waals surface area contributed by atoms with Gasteiger partial charge >= 0.3 is 0 Å². The van der Waals surface area contributed by atoms with Crippen molar-refractivity contribution in [3.63, 3.8) is 0 Å². The second-order valence-corrected chi connectivity index (χ2v) is 9.03. The number of aromatic nitrogens is 1. The second-order valence-electron chi connectivity index (χ2n) is 6.66. The zero-order valence-electron chi connectivity index (χ0n) is 14.4. The first kappa shape index (κ1) is 17.5. The Balaban J connectivity index is 1.50. The predicted octanol–water partition coefficient (Wildman–Crippen LogP) is 4.36. The van der Waals surface area contributed by atoms with E-state index < -0.39 is 10.0 Å². The van der Waals surface area contributed by atoms with Crippen LogP contribution in [0.25, 0.3) is 11.1 Å². The maximum atomic E-state index is 12.8. The number of hydrogen-bond donors (Lipinski definition) is 0. The fraction of sp³-hybridized carbons (Fsp3) is 0.316. The normalized spacial score (nSPS) is 17.0. The molecule has 136 valence electrons. The van der Waals surface area contributed by atoms with Crippen LogP contribution >= 0.6 is 11.6 Å². The molecule has 4 rings (SSSR count). The summed E-state index contributed by atoms with van der Waals surface area (Å²) in [5, 5.41) is 0.622. The largest absolute Gasteiger partial charge is 0.440 e. The van der Waals surface area contributed by atoms with Gasteiger partial charge in [0.15, 0.2) is 11.5 Å². The van der Waals surface area contributed by atoms with Gasteiger partial charge in [-0.1, -0.05) is 29.3 Å². The maximum absolute atomic E-state index is 12.8. The quantitative estimate of drug-likeness (QED) is 0.666. The Morgan fingerprint density at radius 2 is 1.81 bits per heavy atom. The third-order valence-corrected chi connectivity index (χ3v) is 6.98. The molecule has 7 heteroatoms. The molecule has 5 nitrogen and oxygen atoms in total. The van der Waals surface area contributed by atoms with Gasteiger partial charge in [-0.05, 0) is 50.1 Å². The van der Waals surface area contributed by atoms with Gasteiger partial charge in [-0.2, -0.15) is 4.31 Å². The smallest absolute Gasteiger partial charge is 0.243 e. The minimum absolute atomic E-state index is 0.116. The van der Waals surface area contributed by atoms with Crippen molar-refractivity contribution in [2.24, 2.45) is 0 Å². The van der Waals surface area contributed by atoms with Gasteiger partial charge in [0.05, 0.1) is 4.90 Å². The summed E-state index contributed by atoms with van der Waals surface area (Å²) in [4.78, 5) is 4.88. The lowest BCUT2D eigenvalue weighted by atomic mass is 9.98. The monoisotopic (exact) mass is 390 g/mol. The maximum Gasteiger partial charge on any atom is 0.243 e. The fourth-order valence-electron chi connectivity index (χ4n) is 3.30. The number of fused-ring (bicyclic) bond motifs is 1. The molecule has 0 atom stereocenters. The molecule has 2 heterocycles. The van der Waals surface area contributed by atoms with Gasteiger partial charge in [0.25, 0.3) is 0 Å². The van der Waals surface area contributed by atoms with Crippen LogP contribution in [-0.4, -0.2) is 30.8 Å². The molecular weight excluding hydrogens is 372 g/mol. The number of piperidine rings is 1. The molecule has 0 radical (unpaired) electrons. The minimum Gasteiger partial charge on any atom is -0.440 e. The van der Waals surface area contributed by atoms with E-state index in [9.17, 15) is 8.42 Å². The summed E-state index contributed by atoms with van der Waals surface area (Å²) < 4.78 is 33.0. The molecule has 1 aromatic heterocycles. The van der Waals surface area contributed by atoms with Gasteiger partial charge in [-0.25, -0.2) is 13.4 Å². The number of benzene rings is 2. The summed E-state index contributed by atoms with van der Waals surface area (Å²) in [7, 11) is -3.45. The highest BCUT2D eigenvalue weighted by atomic mass is 35.5. The van der Waals surface area contributed by atoms with E-state index in [4.69, 9.17) is 16.0 Å². The van der Waals surface area contributed by atoms with E-state index in [0.717, 1.165) is 11.1 Å². The van der Waals surface area contributed by atoms with Gasteiger partial charge in [-0.3, -0.25) is 0 Å². The second kappa shape index (κ2) is 6.68. The van der Waals surface area contributed by atoms with Crippen molar-refractivity contribution in [1.82, 2.24) is 9.29 Å². The van der Waals surface area contributed by atoms with Crippen LogP contribution in [0.1, 0.15) is 30.2 Å². The third kappa shape index (κ3) is 3.24. The van der Waals surface area contributed by atoms with Crippen LogP contribution in [0, 0.1) is 6.92 Å². The van der Waals surface area contributed by atoms with Crippen LogP contribution in [0.3, 0.4) is 0 Å². The van der Waals surface area contributed by atoms with Crippen molar-refractivity contribution < 1.29 is 12.8 Å². The molecule has 0 aliphatic carbocycles. The average molecular weight is 391 g/mol. The summed E-state index contributed by atoms with van der Waals surface area (Å²) in [5.41, 5.74) is 2.49. The van der Waals surface area contributed by atoms with Crippen molar-refractivity contribution in [3.05, 3.63) is 58.9 Å². The first-order valence-corrected chi connectivity index (χ1v) is 10.4. The third-order valence-electron chi connectivity index (χ3n) is 4.83. The highest BCUT2D eigenvalue weighted by Crippen LogP contribution is 2.32. The first-order chi connectivity index (χ1) is 12.4. The number of oxazole rings is 1. The minimum atomic E-state index is -3.45. The van der Waals surface area contributed by atoms with E-state index >= 15 is 0 Å². The Labute approximate surface area is 157 Å². The zero-order valence-corrected chi connectivity index (χ0v) is 15.9. The highest BCUT2D eigenvalue weighted by Gasteiger charge is 2.31. The van der Waals surface area contributed by atoms with Crippen LogP contribution in [0.4, 0.5) is 0 Å². The van der Waals surface area contributed by atoms with Crippen molar-refractivity contribution in [2.75, 3.05) is 13.1 Å². The Morgan fingerprint density at radius 1 is 1.12 bits per heavy atom. The molecule has 0 amide bonds. The molecule has 0 saturated carbocycles. The van der Waals surface area contributed by atoms with Gasteiger partial charge in [-0.15, -0.1) is 0 Å². The number of rotatable bonds is 3. The van der Waals surface area contributed by atoms with Gasteiger partial charge in [0.1, 0.15) is 5.52 Å². The molecule has 0 N–H and O–H groups in total. The summed E-state index contributed by atoms with van der Waals surface area (Å²) in [6.45, 7) is 2.86. The molecule has 1 aliphatic heterocycles. The summed E-state index contributed by atoms with van der Waals surface area (Å²) in [6, 6.07) is 12.3. The molecule has 2 aromatic carbocycles. The molecule has 1 fully saturated rings. The molecule has 3 aromatic rings. The zero-order chi connectivity index (χ0) is 18.3. The highest BCUT2D eigenvalue weighted by molar-refractivity contribution is 7.89. The summed E-state index contributed by atoms with van der Waals surface area (Å²) in [6.07, 6.45) is 1.37. The van der Waals surface area contributed by atoms with Gasteiger partial charge in [0.2, 0.25) is 10.0 Å². The number of halogens is 1. The molecule has 1 aliphatic rings. The van der Waals surface area contributed by atoms with Gasteiger partial charge < -0.3 is 4.42 Å². The Hall–Kier alpha value is -1.89. The van der Waals surface area contributed by atoms with Crippen molar-refractivity contribution in [2.45, 2.75) is 30.6 Å². The van der Waals surface area contributed by atoms with Crippen LogP contribution in [0.15, 0.2) is 51.8 Å². The number of aryl methyl sites for hydroxylation is 1.